The number of anilines is 2. The lowest BCUT2D eigenvalue weighted by Gasteiger charge is -2.35. The van der Waals surface area contributed by atoms with Gasteiger partial charge in [-0.25, -0.2) is 0 Å². The number of nitrogens with one attached hydrogen (secondary N) is 1. The Morgan fingerprint density at radius 1 is 1.33 bits per heavy atom. The molecule has 0 spiro atoms. The second-order valence-electron chi connectivity index (χ2n) is 4.71. The highest BCUT2D eigenvalue weighted by Crippen LogP contribution is 2.32. The van der Waals surface area contributed by atoms with E-state index in [0.29, 0.717) is 0 Å². The van der Waals surface area contributed by atoms with Crippen molar-refractivity contribution in [1.82, 2.24) is 4.98 Å². The first kappa shape index (κ1) is 10.3. The van der Waals surface area contributed by atoms with Gasteiger partial charge in [0.05, 0.1) is 17.6 Å². The van der Waals surface area contributed by atoms with E-state index in [9.17, 15) is 0 Å². The van der Waals surface area contributed by atoms with Gasteiger partial charge in [0, 0.05) is 11.7 Å². The molecule has 0 unspecified atom stereocenters. The van der Waals surface area contributed by atoms with Crippen molar-refractivity contribution in [2.45, 2.75) is 44.6 Å². The molecule has 0 radical (unpaired) electrons. The zero-order valence-corrected chi connectivity index (χ0v) is 9.29. The van der Waals surface area contributed by atoms with Crippen molar-refractivity contribution in [2.75, 3.05) is 11.1 Å². The van der Waals surface area contributed by atoms with Crippen molar-refractivity contribution < 1.29 is 0 Å². The zero-order valence-electron chi connectivity index (χ0n) is 9.29. The molecule has 1 aliphatic rings. The summed E-state index contributed by atoms with van der Waals surface area (Å²) in [5, 5.41) is 3.56. The molecule has 1 aromatic rings. The molecule has 0 aromatic carbocycles. The molecule has 0 atom stereocenters. The standard InChI is InChI=1S/C12H19N3/c1-12(6-3-2-4-7-12)15-11-5-8-14-9-10(11)13/h5,8-9H,2-4,6-7,13H2,1H3,(H,14,15). The Kier molecular flexibility index (Phi) is 2.80. The quantitative estimate of drug-likeness (QED) is 0.780. The Labute approximate surface area is 91.1 Å². The zero-order chi connectivity index (χ0) is 10.7. The van der Waals surface area contributed by atoms with Gasteiger partial charge in [0.1, 0.15) is 0 Å². The lowest BCUT2D eigenvalue weighted by atomic mass is 9.83. The molecule has 2 rings (SSSR count). The highest BCUT2D eigenvalue weighted by Gasteiger charge is 2.26. The SMILES string of the molecule is CC1(Nc2ccncc2N)CCCCC1. The van der Waals surface area contributed by atoms with E-state index in [-0.39, 0.29) is 5.54 Å². The van der Waals surface area contributed by atoms with Crippen molar-refractivity contribution in [2.24, 2.45) is 0 Å². The average Bonchev–Trinajstić information content (AvgIpc) is 2.22. The van der Waals surface area contributed by atoms with Crippen LogP contribution in [0.4, 0.5) is 11.4 Å². The number of aromatic nitrogens is 1. The van der Waals surface area contributed by atoms with Crippen LogP contribution in [-0.2, 0) is 0 Å². The van der Waals surface area contributed by atoms with Crippen LogP contribution in [0.15, 0.2) is 18.5 Å². The van der Waals surface area contributed by atoms with Gasteiger partial charge in [-0.05, 0) is 25.8 Å². The van der Waals surface area contributed by atoms with Crippen molar-refractivity contribution >= 4 is 11.4 Å². The minimum absolute atomic E-state index is 0.216. The minimum Gasteiger partial charge on any atom is -0.396 e. The topological polar surface area (TPSA) is 50.9 Å². The Hall–Kier alpha value is -1.25. The molecule has 0 aliphatic heterocycles. The van der Waals surface area contributed by atoms with E-state index in [1.165, 1.54) is 32.1 Å². The molecule has 0 bridgehead atoms. The molecule has 82 valence electrons. The fraction of sp³-hybridized carbons (Fsp3) is 0.583. The van der Waals surface area contributed by atoms with Gasteiger partial charge < -0.3 is 11.1 Å². The van der Waals surface area contributed by atoms with E-state index in [1.807, 2.05) is 6.07 Å². The molecule has 1 heterocycles. The number of hydrogen-bond donors (Lipinski definition) is 2. The monoisotopic (exact) mass is 205 g/mol. The first-order valence-electron chi connectivity index (χ1n) is 5.67. The smallest absolute Gasteiger partial charge is 0.0736 e. The van der Waals surface area contributed by atoms with Crippen LogP contribution in [-0.4, -0.2) is 10.5 Å². The lowest BCUT2D eigenvalue weighted by Crippen LogP contribution is -2.36. The third kappa shape index (κ3) is 2.41. The van der Waals surface area contributed by atoms with Gasteiger partial charge in [-0.15, -0.1) is 0 Å². The van der Waals surface area contributed by atoms with Crippen LogP contribution < -0.4 is 11.1 Å². The Balaban J connectivity index is 2.10. The largest absolute Gasteiger partial charge is 0.396 e. The van der Waals surface area contributed by atoms with E-state index in [4.69, 9.17) is 5.73 Å². The summed E-state index contributed by atoms with van der Waals surface area (Å²) in [6, 6.07) is 1.95. The molecule has 1 aromatic heterocycles. The maximum Gasteiger partial charge on any atom is 0.0736 e. The van der Waals surface area contributed by atoms with Crippen molar-refractivity contribution in [3.05, 3.63) is 18.5 Å². The maximum absolute atomic E-state index is 5.87. The van der Waals surface area contributed by atoms with E-state index in [2.05, 4.69) is 17.2 Å². The summed E-state index contributed by atoms with van der Waals surface area (Å²) in [4.78, 5) is 4.00. The highest BCUT2D eigenvalue weighted by atomic mass is 15.0. The van der Waals surface area contributed by atoms with E-state index >= 15 is 0 Å². The number of hydrogen-bond acceptors (Lipinski definition) is 3. The third-order valence-electron chi connectivity index (χ3n) is 3.25. The van der Waals surface area contributed by atoms with Crippen molar-refractivity contribution in [3.8, 4) is 0 Å². The molecule has 1 fully saturated rings. The molecule has 1 aliphatic carbocycles. The van der Waals surface area contributed by atoms with E-state index in [1.54, 1.807) is 12.4 Å². The predicted molar refractivity (Wildman–Crippen MR) is 63.8 cm³/mol. The predicted octanol–water partition coefficient (Wildman–Crippen LogP) is 2.80. The number of nitrogens with two attached hydrogens (primary N) is 1. The molecule has 1 saturated carbocycles. The first-order chi connectivity index (χ1) is 7.20. The fourth-order valence-corrected chi connectivity index (χ4v) is 2.30. The molecule has 15 heavy (non-hydrogen) atoms. The maximum atomic E-state index is 5.87. The van der Waals surface area contributed by atoms with E-state index in [0.717, 1.165) is 11.4 Å². The van der Waals surface area contributed by atoms with Gasteiger partial charge in [-0.3, -0.25) is 4.98 Å². The third-order valence-corrected chi connectivity index (χ3v) is 3.25. The second-order valence-corrected chi connectivity index (χ2v) is 4.71. The first-order valence-corrected chi connectivity index (χ1v) is 5.67. The van der Waals surface area contributed by atoms with Gasteiger partial charge in [0.15, 0.2) is 0 Å². The summed E-state index contributed by atoms with van der Waals surface area (Å²) in [5.41, 5.74) is 7.85. The summed E-state index contributed by atoms with van der Waals surface area (Å²) in [7, 11) is 0. The Morgan fingerprint density at radius 3 is 2.73 bits per heavy atom. The van der Waals surface area contributed by atoms with Crippen molar-refractivity contribution in [1.29, 1.82) is 0 Å². The number of nitrogens with zero attached hydrogens (tertiary/aromatic N) is 1. The molecule has 3 N–H and O–H groups in total. The van der Waals surface area contributed by atoms with Crippen LogP contribution in [0.25, 0.3) is 0 Å². The normalized spacial score (nSPS) is 19.8. The summed E-state index contributed by atoms with van der Waals surface area (Å²) < 4.78 is 0. The summed E-state index contributed by atoms with van der Waals surface area (Å²) >= 11 is 0. The summed E-state index contributed by atoms with van der Waals surface area (Å²) in [6.07, 6.45) is 9.94. The number of pyridine rings is 1. The molecular formula is C12H19N3. The Morgan fingerprint density at radius 2 is 2.07 bits per heavy atom. The number of nitrogen functional groups attached to an aromatic ring is 1. The summed E-state index contributed by atoms with van der Waals surface area (Å²) in [5.74, 6) is 0. The van der Waals surface area contributed by atoms with Crippen LogP contribution >= 0.6 is 0 Å². The molecule has 0 saturated heterocycles. The highest BCUT2D eigenvalue weighted by molar-refractivity contribution is 5.65. The summed E-state index contributed by atoms with van der Waals surface area (Å²) in [6.45, 7) is 2.28. The van der Waals surface area contributed by atoms with Crippen LogP contribution in [0, 0.1) is 0 Å². The average molecular weight is 205 g/mol. The van der Waals surface area contributed by atoms with Crippen molar-refractivity contribution in [3.63, 3.8) is 0 Å². The second kappa shape index (κ2) is 4.09. The minimum atomic E-state index is 0.216. The fourth-order valence-electron chi connectivity index (χ4n) is 2.30. The molecule has 3 nitrogen and oxygen atoms in total. The van der Waals surface area contributed by atoms with Gasteiger partial charge in [0.2, 0.25) is 0 Å². The Bertz CT molecular complexity index is 329. The van der Waals surface area contributed by atoms with Gasteiger partial charge >= 0.3 is 0 Å². The van der Waals surface area contributed by atoms with Gasteiger partial charge in [-0.1, -0.05) is 19.3 Å². The van der Waals surface area contributed by atoms with Crippen LogP contribution in [0.3, 0.4) is 0 Å². The van der Waals surface area contributed by atoms with E-state index < -0.39 is 0 Å². The lowest BCUT2D eigenvalue weighted by molar-refractivity contribution is 0.349. The van der Waals surface area contributed by atoms with Gasteiger partial charge in [-0.2, -0.15) is 0 Å². The number of rotatable bonds is 2. The van der Waals surface area contributed by atoms with Crippen LogP contribution in [0.5, 0.6) is 0 Å². The molecule has 0 amide bonds. The van der Waals surface area contributed by atoms with Crippen LogP contribution in [0.2, 0.25) is 0 Å². The van der Waals surface area contributed by atoms with Gasteiger partial charge in [0.25, 0.3) is 0 Å². The molecule has 3 heteroatoms. The van der Waals surface area contributed by atoms with Crippen LogP contribution in [0.1, 0.15) is 39.0 Å². The molecular weight excluding hydrogens is 186 g/mol.